The van der Waals surface area contributed by atoms with Crippen LogP contribution in [0.15, 0.2) is 24.1 Å². The summed E-state index contributed by atoms with van der Waals surface area (Å²) < 4.78 is 5.25. The molecule has 1 aliphatic heterocycles. The molecular weight excluding hydrogens is 162 g/mol. The Morgan fingerprint density at radius 1 is 1.46 bits per heavy atom. The fraction of sp³-hybridized carbons (Fsp3) is 0.636. The van der Waals surface area contributed by atoms with E-state index in [1.54, 1.807) is 6.26 Å². The van der Waals surface area contributed by atoms with Crippen molar-refractivity contribution in [3.8, 4) is 0 Å². The lowest BCUT2D eigenvalue weighted by atomic mass is 10.2. The number of allylic oxidation sites excluding steroid dienone is 2. The molecule has 0 N–H and O–H groups in total. The topological polar surface area (TPSA) is 12.5 Å². The van der Waals surface area contributed by atoms with E-state index in [0.717, 1.165) is 19.7 Å². The summed E-state index contributed by atoms with van der Waals surface area (Å²) in [7, 11) is 0. The lowest BCUT2D eigenvalue weighted by molar-refractivity contribution is 0.222. The normalized spacial score (nSPS) is 15.1. The zero-order valence-electron chi connectivity index (χ0n) is 8.62. The first-order chi connectivity index (χ1) is 6.38. The van der Waals surface area contributed by atoms with Gasteiger partial charge in [-0.3, -0.25) is 0 Å². The standard InChI is InChI=1S/C11H19NO/c1-3-5-8-12(4-2)11-7-6-9-13-10-11/h6-7,9H,3-5,8,10H2,1-2H3. The first-order valence-electron chi connectivity index (χ1n) is 5.10. The molecule has 0 unspecified atom stereocenters. The van der Waals surface area contributed by atoms with Gasteiger partial charge in [-0.25, -0.2) is 0 Å². The number of likely N-dealkylation sites (N-methyl/N-ethyl adjacent to an activating group) is 1. The third-order valence-corrected chi connectivity index (χ3v) is 2.26. The Morgan fingerprint density at radius 3 is 2.85 bits per heavy atom. The van der Waals surface area contributed by atoms with Crippen LogP contribution in [0.3, 0.4) is 0 Å². The predicted octanol–water partition coefficient (Wildman–Crippen LogP) is 2.54. The Hall–Kier alpha value is -0.920. The molecule has 0 aromatic rings. The van der Waals surface area contributed by atoms with Crippen molar-refractivity contribution in [1.82, 2.24) is 4.90 Å². The smallest absolute Gasteiger partial charge is 0.127 e. The monoisotopic (exact) mass is 181 g/mol. The molecule has 1 aliphatic rings. The summed E-state index contributed by atoms with van der Waals surface area (Å²) in [5.41, 5.74) is 1.30. The molecule has 2 heteroatoms. The fourth-order valence-electron chi connectivity index (χ4n) is 1.44. The Kier molecular flexibility index (Phi) is 4.44. The molecule has 0 radical (unpaired) electrons. The van der Waals surface area contributed by atoms with Crippen LogP contribution < -0.4 is 0 Å². The van der Waals surface area contributed by atoms with E-state index >= 15 is 0 Å². The largest absolute Gasteiger partial charge is 0.495 e. The van der Waals surface area contributed by atoms with Gasteiger partial charge in [0.1, 0.15) is 6.61 Å². The van der Waals surface area contributed by atoms with E-state index in [-0.39, 0.29) is 0 Å². The van der Waals surface area contributed by atoms with Crippen molar-refractivity contribution in [3.05, 3.63) is 24.1 Å². The summed E-state index contributed by atoms with van der Waals surface area (Å²) in [5, 5.41) is 0. The van der Waals surface area contributed by atoms with Crippen molar-refractivity contribution < 1.29 is 4.74 Å². The minimum absolute atomic E-state index is 0.730. The van der Waals surface area contributed by atoms with Crippen LogP contribution in [-0.2, 0) is 4.74 Å². The average Bonchev–Trinajstić information content (AvgIpc) is 2.21. The third-order valence-electron chi connectivity index (χ3n) is 2.26. The number of rotatable bonds is 5. The zero-order valence-corrected chi connectivity index (χ0v) is 8.62. The van der Waals surface area contributed by atoms with Crippen LogP contribution in [0.2, 0.25) is 0 Å². The van der Waals surface area contributed by atoms with Crippen LogP contribution in [0.4, 0.5) is 0 Å². The van der Waals surface area contributed by atoms with Crippen LogP contribution in [0.5, 0.6) is 0 Å². The lowest BCUT2D eigenvalue weighted by Gasteiger charge is -2.26. The highest BCUT2D eigenvalue weighted by molar-refractivity contribution is 5.14. The second-order valence-electron chi connectivity index (χ2n) is 3.23. The number of hydrogen-bond donors (Lipinski definition) is 0. The Bertz CT molecular complexity index is 196. The molecule has 0 bridgehead atoms. The van der Waals surface area contributed by atoms with Crippen molar-refractivity contribution in [2.75, 3.05) is 19.7 Å². The van der Waals surface area contributed by atoms with Crippen molar-refractivity contribution in [2.24, 2.45) is 0 Å². The number of ether oxygens (including phenoxy) is 1. The summed E-state index contributed by atoms with van der Waals surface area (Å²) in [4.78, 5) is 2.38. The molecule has 0 amide bonds. The maximum Gasteiger partial charge on any atom is 0.127 e. The van der Waals surface area contributed by atoms with Crippen molar-refractivity contribution in [1.29, 1.82) is 0 Å². The fourth-order valence-corrected chi connectivity index (χ4v) is 1.44. The van der Waals surface area contributed by atoms with Gasteiger partial charge >= 0.3 is 0 Å². The van der Waals surface area contributed by atoms with Gasteiger partial charge in [0.15, 0.2) is 0 Å². The van der Waals surface area contributed by atoms with Crippen LogP contribution >= 0.6 is 0 Å². The second kappa shape index (κ2) is 5.68. The summed E-state index contributed by atoms with van der Waals surface area (Å²) in [5.74, 6) is 0. The van der Waals surface area contributed by atoms with E-state index < -0.39 is 0 Å². The van der Waals surface area contributed by atoms with Gasteiger partial charge in [-0.15, -0.1) is 0 Å². The van der Waals surface area contributed by atoms with Gasteiger partial charge in [0, 0.05) is 13.1 Å². The molecule has 0 atom stereocenters. The maximum atomic E-state index is 5.25. The van der Waals surface area contributed by atoms with Crippen LogP contribution in [0.25, 0.3) is 0 Å². The van der Waals surface area contributed by atoms with Gasteiger partial charge in [0.05, 0.1) is 12.0 Å². The molecule has 1 heterocycles. The SMILES string of the molecule is CCCCN(CC)C1=CC=COC1. The molecule has 1 rings (SSSR count). The summed E-state index contributed by atoms with van der Waals surface area (Å²) >= 11 is 0. The Morgan fingerprint density at radius 2 is 2.31 bits per heavy atom. The molecule has 0 aromatic heterocycles. The van der Waals surface area contributed by atoms with E-state index in [2.05, 4.69) is 24.8 Å². The van der Waals surface area contributed by atoms with Gasteiger partial charge in [-0.2, -0.15) is 0 Å². The highest BCUT2D eigenvalue weighted by Crippen LogP contribution is 2.10. The zero-order chi connectivity index (χ0) is 9.52. The highest BCUT2D eigenvalue weighted by Gasteiger charge is 2.07. The first kappa shape index (κ1) is 10.2. The van der Waals surface area contributed by atoms with E-state index in [1.807, 2.05) is 6.08 Å². The summed E-state index contributed by atoms with van der Waals surface area (Å²) in [6.07, 6.45) is 8.36. The molecule has 74 valence electrons. The molecule has 0 saturated heterocycles. The van der Waals surface area contributed by atoms with E-state index in [9.17, 15) is 0 Å². The quantitative estimate of drug-likeness (QED) is 0.646. The predicted molar refractivity (Wildman–Crippen MR) is 55.3 cm³/mol. The van der Waals surface area contributed by atoms with Crippen LogP contribution in [-0.4, -0.2) is 24.6 Å². The Balaban J connectivity index is 2.44. The third kappa shape index (κ3) is 3.13. The molecule has 2 nitrogen and oxygen atoms in total. The maximum absolute atomic E-state index is 5.25. The summed E-state index contributed by atoms with van der Waals surface area (Å²) in [6.45, 7) is 7.36. The molecule has 0 aliphatic carbocycles. The van der Waals surface area contributed by atoms with Crippen LogP contribution in [0, 0.1) is 0 Å². The highest BCUT2D eigenvalue weighted by atomic mass is 16.5. The van der Waals surface area contributed by atoms with E-state index in [0.29, 0.717) is 0 Å². The molecule has 0 spiro atoms. The van der Waals surface area contributed by atoms with Crippen molar-refractivity contribution in [3.63, 3.8) is 0 Å². The first-order valence-corrected chi connectivity index (χ1v) is 5.10. The van der Waals surface area contributed by atoms with Gasteiger partial charge in [-0.05, 0) is 25.5 Å². The summed E-state index contributed by atoms with van der Waals surface area (Å²) in [6, 6.07) is 0. The molecule has 13 heavy (non-hydrogen) atoms. The Labute approximate surface area is 80.9 Å². The minimum Gasteiger partial charge on any atom is -0.495 e. The van der Waals surface area contributed by atoms with Crippen molar-refractivity contribution in [2.45, 2.75) is 26.7 Å². The van der Waals surface area contributed by atoms with Gasteiger partial charge in [0.2, 0.25) is 0 Å². The molecule has 0 aromatic carbocycles. The van der Waals surface area contributed by atoms with E-state index in [1.165, 1.54) is 18.5 Å². The number of hydrogen-bond acceptors (Lipinski definition) is 2. The van der Waals surface area contributed by atoms with E-state index in [4.69, 9.17) is 4.74 Å². The lowest BCUT2D eigenvalue weighted by Crippen LogP contribution is -2.26. The number of nitrogens with zero attached hydrogens (tertiary/aromatic N) is 1. The van der Waals surface area contributed by atoms with Gasteiger partial charge in [0.25, 0.3) is 0 Å². The minimum atomic E-state index is 0.730. The van der Waals surface area contributed by atoms with Crippen LogP contribution in [0.1, 0.15) is 26.7 Å². The van der Waals surface area contributed by atoms with Gasteiger partial charge in [-0.1, -0.05) is 13.3 Å². The molecule has 0 saturated carbocycles. The number of unbranched alkanes of at least 4 members (excludes halogenated alkanes) is 1. The van der Waals surface area contributed by atoms with Crippen molar-refractivity contribution >= 4 is 0 Å². The molecular formula is C11H19NO. The molecule has 0 fully saturated rings. The van der Waals surface area contributed by atoms with Gasteiger partial charge < -0.3 is 9.64 Å². The second-order valence-corrected chi connectivity index (χ2v) is 3.23. The average molecular weight is 181 g/mol.